The predicted octanol–water partition coefficient (Wildman–Crippen LogP) is 2.21. The summed E-state index contributed by atoms with van der Waals surface area (Å²) in [7, 11) is -1.78. The Bertz CT molecular complexity index is 838. The molecule has 2 rings (SSSR count). The number of hydrogen-bond donors (Lipinski definition) is 1. The van der Waals surface area contributed by atoms with Gasteiger partial charge in [0.05, 0.1) is 13.4 Å². The van der Waals surface area contributed by atoms with Gasteiger partial charge in [-0.05, 0) is 23.6 Å². The lowest BCUT2D eigenvalue weighted by Crippen LogP contribution is -2.34. The van der Waals surface area contributed by atoms with Crippen molar-refractivity contribution < 1.29 is 17.9 Å². The zero-order valence-corrected chi connectivity index (χ0v) is 16.5. The van der Waals surface area contributed by atoms with Crippen molar-refractivity contribution in [3.05, 3.63) is 65.7 Å². The summed E-state index contributed by atoms with van der Waals surface area (Å²) in [6.07, 6.45) is 1.93. The second kappa shape index (κ2) is 10.1. The van der Waals surface area contributed by atoms with E-state index in [-0.39, 0.29) is 25.4 Å². The minimum absolute atomic E-state index is 0.117. The normalized spacial score (nSPS) is 11.4. The summed E-state index contributed by atoms with van der Waals surface area (Å²) < 4.78 is 30.6. The molecule has 0 heterocycles. The van der Waals surface area contributed by atoms with E-state index in [0.29, 0.717) is 13.0 Å². The van der Waals surface area contributed by atoms with Crippen LogP contribution in [0.4, 0.5) is 0 Å². The molecular formula is C20H26N2O4S. The van der Waals surface area contributed by atoms with Crippen molar-refractivity contribution >= 4 is 15.9 Å². The lowest BCUT2D eigenvalue weighted by Gasteiger charge is -2.19. The number of sulfonamides is 1. The summed E-state index contributed by atoms with van der Waals surface area (Å²) in [6.45, 7) is 0.874. The third-order valence-electron chi connectivity index (χ3n) is 4.17. The minimum Gasteiger partial charge on any atom is -0.496 e. The second-order valence-corrected chi connectivity index (χ2v) is 8.23. The Morgan fingerprint density at radius 3 is 2.41 bits per heavy atom. The molecule has 0 aliphatic carbocycles. The van der Waals surface area contributed by atoms with E-state index in [9.17, 15) is 13.2 Å². The number of benzene rings is 2. The summed E-state index contributed by atoms with van der Waals surface area (Å²) in [4.78, 5) is 12.1. The van der Waals surface area contributed by atoms with Crippen LogP contribution in [0, 0.1) is 0 Å². The highest BCUT2D eigenvalue weighted by Crippen LogP contribution is 2.17. The number of para-hydroxylation sites is 1. The molecule has 0 atom stereocenters. The summed E-state index contributed by atoms with van der Waals surface area (Å²) in [6, 6.07) is 17.0. The molecule has 146 valence electrons. The Hall–Kier alpha value is -2.38. The largest absolute Gasteiger partial charge is 0.496 e. The predicted molar refractivity (Wildman–Crippen MR) is 106 cm³/mol. The van der Waals surface area contributed by atoms with Crippen LogP contribution in [0.5, 0.6) is 5.75 Å². The van der Waals surface area contributed by atoms with Gasteiger partial charge in [0.1, 0.15) is 5.75 Å². The average molecular weight is 391 g/mol. The van der Waals surface area contributed by atoms with Crippen molar-refractivity contribution in [3.63, 3.8) is 0 Å². The first-order valence-electron chi connectivity index (χ1n) is 8.78. The van der Waals surface area contributed by atoms with Crippen LogP contribution in [-0.2, 0) is 27.8 Å². The van der Waals surface area contributed by atoms with Crippen LogP contribution in [-0.4, -0.2) is 45.1 Å². The molecule has 1 amide bonds. The number of nitrogens with one attached hydrogen (secondary N) is 1. The van der Waals surface area contributed by atoms with Crippen molar-refractivity contribution in [2.75, 3.05) is 26.5 Å². The molecule has 2 aromatic rings. The number of hydrogen-bond acceptors (Lipinski definition) is 4. The number of nitrogens with zero attached hydrogens (tertiary/aromatic N) is 1. The molecule has 0 aliphatic rings. The molecule has 0 saturated heterocycles. The maximum absolute atomic E-state index is 12.1. The van der Waals surface area contributed by atoms with Gasteiger partial charge in [-0.2, -0.15) is 4.31 Å². The van der Waals surface area contributed by atoms with Crippen LogP contribution < -0.4 is 10.1 Å². The SMILES string of the molecule is COc1ccccc1CCNC(=O)CCN(Cc1ccccc1)S(C)(=O)=O. The molecule has 6 nitrogen and oxygen atoms in total. The number of rotatable bonds is 10. The maximum atomic E-state index is 12.1. The van der Waals surface area contributed by atoms with Crippen molar-refractivity contribution in [2.45, 2.75) is 19.4 Å². The first-order chi connectivity index (χ1) is 12.9. The van der Waals surface area contributed by atoms with Gasteiger partial charge in [-0.15, -0.1) is 0 Å². The quantitative estimate of drug-likeness (QED) is 0.675. The monoisotopic (exact) mass is 390 g/mol. The summed E-state index contributed by atoms with van der Waals surface area (Å²) in [5.41, 5.74) is 1.90. The molecule has 0 aromatic heterocycles. The molecule has 0 radical (unpaired) electrons. The van der Waals surface area contributed by atoms with Crippen molar-refractivity contribution in [1.29, 1.82) is 0 Å². The molecule has 0 bridgehead atoms. The molecule has 0 spiro atoms. The lowest BCUT2D eigenvalue weighted by molar-refractivity contribution is -0.121. The second-order valence-electron chi connectivity index (χ2n) is 6.24. The highest BCUT2D eigenvalue weighted by Gasteiger charge is 2.18. The Balaban J connectivity index is 1.83. The molecular weight excluding hydrogens is 364 g/mol. The topological polar surface area (TPSA) is 75.7 Å². The van der Waals surface area contributed by atoms with Crippen LogP contribution in [0.25, 0.3) is 0 Å². The molecule has 0 fully saturated rings. The van der Waals surface area contributed by atoms with Gasteiger partial charge in [-0.25, -0.2) is 8.42 Å². The Labute approximate surface area is 161 Å². The standard InChI is InChI=1S/C20H26N2O4S/c1-26-19-11-7-6-10-18(19)12-14-21-20(23)13-15-22(27(2,24)25)16-17-8-4-3-5-9-17/h3-11H,12-16H2,1-2H3,(H,21,23). The van der Waals surface area contributed by atoms with Gasteiger partial charge in [0.15, 0.2) is 0 Å². The minimum atomic E-state index is -3.39. The summed E-state index contributed by atoms with van der Waals surface area (Å²) in [5.74, 6) is 0.615. The molecule has 1 N–H and O–H groups in total. The van der Waals surface area contributed by atoms with Crippen molar-refractivity contribution in [2.24, 2.45) is 0 Å². The maximum Gasteiger partial charge on any atom is 0.221 e. The van der Waals surface area contributed by atoms with E-state index >= 15 is 0 Å². The Kier molecular flexibility index (Phi) is 7.82. The number of methoxy groups -OCH3 is 1. The van der Waals surface area contributed by atoms with Crippen molar-refractivity contribution in [3.8, 4) is 5.75 Å². The van der Waals surface area contributed by atoms with E-state index in [1.807, 2.05) is 54.6 Å². The van der Waals surface area contributed by atoms with Gasteiger partial charge in [0.25, 0.3) is 0 Å². The van der Waals surface area contributed by atoms with E-state index < -0.39 is 10.0 Å². The van der Waals surface area contributed by atoms with E-state index in [1.165, 1.54) is 4.31 Å². The Morgan fingerprint density at radius 2 is 1.74 bits per heavy atom. The van der Waals surface area contributed by atoms with Gasteiger partial charge in [-0.3, -0.25) is 4.79 Å². The van der Waals surface area contributed by atoms with Gasteiger partial charge < -0.3 is 10.1 Å². The van der Waals surface area contributed by atoms with E-state index in [0.717, 1.165) is 23.1 Å². The zero-order valence-electron chi connectivity index (χ0n) is 15.7. The zero-order chi connectivity index (χ0) is 19.7. The van der Waals surface area contributed by atoms with E-state index in [1.54, 1.807) is 7.11 Å². The third-order valence-corrected chi connectivity index (χ3v) is 5.42. The van der Waals surface area contributed by atoms with Gasteiger partial charge in [0, 0.05) is 26.1 Å². The molecule has 0 saturated carbocycles. The molecule has 27 heavy (non-hydrogen) atoms. The van der Waals surface area contributed by atoms with Gasteiger partial charge in [-0.1, -0.05) is 48.5 Å². The number of carbonyl (C=O) groups excluding carboxylic acids is 1. The summed E-state index contributed by atoms with van der Waals surface area (Å²) in [5, 5.41) is 2.84. The third kappa shape index (κ3) is 7.03. The van der Waals surface area contributed by atoms with Crippen LogP contribution in [0.1, 0.15) is 17.5 Å². The number of amides is 1. The smallest absolute Gasteiger partial charge is 0.221 e. The number of carbonyl (C=O) groups is 1. The molecule has 7 heteroatoms. The molecule has 0 unspecified atom stereocenters. The highest BCUT2D eigenvalue weighted by molar-refractivity contribution is 7.88. The van der Waals surface area contributed by atoms with E-state index in [2.05, 4.69) is 5.32 Å². The first kappa shape index (κ1) is 20.9. The molecule has 2 aromatic carbocycles. The average Bonchev–Trinajstić information content (AvgIpc) is 2.65. The first-order valence-corrected chi connectivity index (χ1v) is 10.6. The fourth-order valence-corrected chi connectivity index (χ4v) is 3.52. The fraction of sp³-hybridized carbons (Fsp3) is 0.350. The van der Waals surface area contributed by atoms with Crippen LogP contribution in [0.2, 0.25) is 0 Å². The molecule has 0 aliphatic heterocycles. The van der Waals surface area contributed by atoms with Crippen LogP contribution in [0.3, 0.4) is 0 Å². The van der Waals surface area contributed by atoms with E-state index in [4.69, 9.17) is 4.74 Å². The Morgan fingerprint density at radius 1 is 1.07 bits per heavy atom. The fourth-order valence-electron chi connectivity index (χ4n) is 2.71. The van der Waals surface area contributed by atoms with Crippen molar-refractivity contribution in [1.82, 2.24) is 9.62 Å². The van der Waals surface area contributed by atoms with Crippen LogP contribution >= 0.6 is 0 Å². The van der Waals surface area contributed by atoms with Crippen LogP contribution in [0.15, 0.2) is 54.6 Å². The number of ether oxygens (including phenoxy) is 1. The van der Waals surface area contributed by atoms with Gasteiger partial charge in [0.2, 0.25) is 15.9 Å². The lowest BCUT2D eigenvalue weighted by atomic mass is 10.1. The summed E-state index contributed by atoms with van der Waals surface area (Å²) >= 11 is 0. The highest BCUT2D eigenvalue weighted by atomic mass is 32.2. The van der Waals surface area contributed by atoms with Gasteiger partial charge >= 0.3 is 0 Å².